The summed E-state index contributed by atoms with van der Waals surface area (Å²) in [6.07, 6.45) is 4.01. The van der Waals surface area contributed by atoms with Crippen molar-refractivity contribution >= 4 is 35.6 Å². The van der Waals surface area contributed by atoms with Gasteiger partial charge in [0, 0.05) is 40.6 Å². The second kappa shape index (κ2) is 6.74. The summed E-state index contributed by atoms with van der Waals surface area (Å²) in [4.78, 5) is 13.1. The second-order valence-electron chi connectivity index (χ2n) is 4.60. The van der Waals surface area contributed by atoms with Gasteiger partial charge in [-0.3, -0.25) is 0 Å². The van der Waals surface area contributed by atoms with Gasteiger partial charge in [-0.25, -0.2) is 9.98 Å². The van der Waals surface area contributed by atoms with Crippen LogP contribution in [0.25, 0.3) is 5.65 Å². The summed E-state index contributed by atoms with van der Waals surface area (Å²) in [6, 6.07) is 5.97. The molecule has 0 fully saturated rings. The monoisotopic (exact) mass is 373 g/mol. The Morgan fingerprint density at radius 1 is 1.21 bits per heavy atom. The Labute approximate surface area is 131 Å². The third kappa shape index (κ3) is 3.82. The van der Waals surface area contributed by atoms with Crippen molar-refractivity contribution in [2.45, 2.75) is 6.54 Å². The highest BCUT2D eigenvalue weighted by atomic mass is 127. The molecule has 0 atom stereocenters. The first kappa shape index (κ1) is 15.7. The highest BCUT2D eigenvalue weighted by molar-refractivity contribution is 14.0. The molecule has 6 heteroatoms. The summed E-state index contributed by atoms with van der Waals surface area (Å²) in [5.41, 5.74) is 1.93. The minimum Gasteiger partial charge on any atom is -0.349 e. The summed E-state index contributed by atoms with van der Waals surface area (Å²) >= 11 is 0. The predicted molar refractivity (Wildman–Crippen MR) is 89.1 cm³/mol. The lowest BCUT2D eigenvalue weighted by atomic mass is 10.5. The van der Waals surface area contributed by atoms with E-state index < -0.39 is 0 Å². The van der Waals surface area contributed by atoms with E-state index in [1.54, 1.807) is 0 Å². The van der Waals surface area contributed by atoms with Crippen LogP contribution < -0.4 is 0 Å². The van der Waals surface area contributed by atoms with E-state index in [-0.39, 0.29) is 24.0 Å². The maximum Gasteiger partial charge on any atom is 0.195 e. The number of hydrogen-bond acceptors (Lipinski definition) is 2. The minimum absolute atomic E-state index is 0. The van der Waals surface area contributed by atoms with Gasteiger partial charge in [0.25, 0.3) is 0 Å². The van der Waals surface area contributed by atoms with E-state index in [2.05, 4.69) is 9.98 Å². The van der Waals surface area contributed by atoms with Crippen molar-refractivity contribution in [1.29, 1.82) is 0 Å². The number of hydrogen-bond donors (Lipinski definition) is 0. The van der Waals surface area contributed by atoms with Gasteiger partial charge in [0.1, 0.15) is 5.65 Å². The van der Waals surface area contributed by atoms with Crippen LogP contribution in [0, 0.1) is 0 Å². The van der Waals surface area contributed by atoms with Crippen LogP contribution in [0.2, 0.25) is 0 Å². The average molecular weight is 373 g/mol. The van der Waals surface area contributed by atoms with E-state index in [0.29, 0.717) is 6.54 Å². The molecule has 2 heterocycles. The molecule has 104 valence electrons. The Morgan fingerprint density at radius 3 is 2.47 bits per heavy atom. The van der Waals surface area contributed by atoms with Gasteiger partial charge in [-0.2, -0.15) is 0 Å². The van der Waals surface area contributed by atoms with Crippen LogP contribution in [-0.4, -0.2) is 53.3 Å². The standard InChI is InChI=1S/C13H19N5.HI/c1-16(2)13(17(3)4)14-9-11-10-18-8-6-5-7-12(18)15-11;/h5-8,10H,9H2,1-4H3;1H. The highest BCUT2D eigenvalue weighted by Gasteiger charge is 2.05. The second-order valence-corrected chi connectivity index (χ2v) is 4.60. The van der Waals surface area contributed by atoms with Gasteiger partial charge in [-0.05, 0) is 12.1 Å². The highest BCUT2D eigenvalue weighted by Crippen LogP contribution is 2.06. The molecule has 0 aliphatic carbocycles. The summed E-state index contributed by atoms with van der Waals surface area (Å²) in [6.45, 7) is 0.591. The van der Waals surface area contributed by atoms with Gasteiger partial charge in [-0.15, -0.1) is 24.0 Å². The minimum atomic E-state index is 0. The first-order chi connectivity index (χ1) is 8.58. The number of aromatic nitrogens is 2. The summed E-state index contributed by atoms with van der Waals surface area (Å²) < 4.78 is 2.01. The van der Waals surface area contributed by atoms with Crippen molar-refractivity contribution < 1.29 is 0 Å². The zero-order valence-electron chi connectivity index (χ0n) is 11.7. The van der Waals surface area contributed by atoms with Crippen LogP contribution in [0.5, 0.6) is 0 Å². The van der Waals surface area contributed by atoms with Crippen molar-refractivity contribution in [2.75, 3.05) is 28.2 Å². The van der Waals surface area contributed by atoms with E-state index in [0.717, 1.165) is 17.3 Å². The summed E-state index contributed by atoms with van der Waals surface area (Å²) in [5.74, 6) is 0.937. The van der Waals surface area contributed by atoms with E-state index in [4.69, 9.17) is 0 Å². The fraction of sp³-hybridized carbons (Fsp3) is 0.385. The molecule has 2 aromatic rings. The Kier molecular flexibility index (Phi) is 5.59. The fourth-order valence-electron chi connectivity index (χ4n) is 1.90. The number of rotatable bonds is 2. The molecular formula is C13H20IN5. The average Bonchev–Trinajstić information content (AvgIpc) is 2.70. The van der Waals surface area contributed by atoms with E-state index in [9.17, 15) is 0 Å². The molecule has 0 saturated heterocycles. The summed E-state index contributed by atoms with van der Waals surface area (Å²) in [5, 5.41) is 0. The van der Waals surface area contributed by atoms with Crippen molar-refractivity contribution in [1.82, 2.24) is 19.2 Å². The van der Waals surface area contributed by atoms with Crippen LogP contribution >= 0.6 is 24.0 Å². The van der Waals surface area contributed by atoms with Crippen LogP contribution in [0.15, 0.2) is 35.6 Å². The van der Waals surface area contributed by atoms with Crippen molar-refractivity contribution in [3.05, 3.63) is 36.3 Å². The lowest BCUT2D eigenvalue weighted by molar-refractivity contribution is 0.479. The number of halogens is 1. The third-order valence-electron chi connectivity index (χ3n) is 2.60. The molecule has 0 bridgehead atoms. The largest absolute Gasteiger partial charge is 0.349 e. The molecule has 0 aliphatic rings. The first-order valence-electron chi connectivity index (χ1n) is 5.89. The molecule has 0 N–H and O–H groups in total. The lowest BCUT2D eigenvalue weighted by Crippen LogP contribution is -2.35. The zero-order valence-corrected chi connectivity index (χ0v) is 14.1. The Hall–Kier alpha value is -1.31. The Balaban J connectivity index is 0.00000180. The Bertz CT molecular complexity index is 516. The number of guanidine groups is 1. The van der Waals surface area contributed by atoms with Crippen LogP contribution in [0.1, 0.15) is 5.69 Å². The maximum absolute atomic E-state index is 4.58. The first-order valence-corrected chi connectivity index (χ1v) is 5.89. The summed E-state index contributed by atoms with van der Waals surface area (Å²) in [7, 11) is 7.95. The van der Waals surface area contributed by atoms with Crippen molar-refractivity contribution in [3.8, 4) is 0 Å². The SMILES string of the molecule is CN(C)C(=NCc1cn2ccccc2n1)N(C)C.I. The topological polar surface area (TPSA) is 36.1 Å². The molecule has 0 aliphatic heterocycles. The smallest absolute Gasteiger partial charge is 0.195 e. The quantitative estimate of drug-likeness (QED) is 0.459. The third-order valence-corrected chi connectivity index (χ3v) is 2.60. The van der Waals surface area contributed by atoms with Crippen molar-refractivity contribution in [3.63, 3.8) is 0 Å². The van der Waals surface area contributed by atoms with Crippen LogP contribution in [-0.2, 0) is 6.54 Å². The molecular weight excluding hydrogens is 353 g/mol. The van der Waals surface area contributed by atoms with Gasteiger partial charge in [-0.1, -0.05) is 6.07 Å². The number of pyridine rings is 1. The van der Waals surface area contributed by atoms with E-state index in [1.165, 1.54) is 0 Å². The van der Waals surface area contributed by atoms with E-state index >= 15 is 0 Å². The van der Waals surface area contributed by atoms with Gasteiger partial charge in [0.2, 0.25) is 0 Å². The number of aliphatic imine (C=N–C) groups is 1. The van der Waals surface area contributed by atoms with Gasteiger partial charge in [0.05, 0.1) is 12.2 Å². The molecule has 0 radical (unpaired) electrons. The number of imidazole rings is 1. The molecule has 2 aromatic heterocycles. The molecule has 0 spiro atoms. The molecule has 2 rings (SSSR count). The van der Waals surface area contributed by atoms with Crippen LogP contribution in [0.4, 0.5) is 0 Å². The van der Waals surface area contributed by atoms with Gasteiger partial charge >= 0.3 is 0 Å². The normalized spacial score (nSPS) is 9.89. The molecule has 0 saturated carbocycles. The Morgan fingerprint density at radius 2 is 1.89 bits per heavy atom. The molecule has 0 unspecified atom stereocenters. The van der Waals surface area contributed by atoms with Crippen LogP contribution in [0.3, 0.4) is 0 Å². The van der Waals surface area contributed by atoms with Gasteiger partial charge in [0.15, 0.2) is 5.96 Å². The van der Waals surface area contributed by atoms with E-state index in [1.807, 2.05) is 73.0 Å². The molecule has 0 aromatic carbocycles. The number of nitrogens with zero attached hydrogens (tertiary/aromatic N) is 5. The molecule has 5 nitrogen and oxygen atoms in total. The zero-order chi connectivity index (χ0) is 13.1. The fourth-order valence-corrected chi connectivity index (χ4v) is 1.90. The van der Waals surface area contributed by atoms with Crippen molar-refractivity contribution in [2.24, 2.45) is 4.99 Å². The molecule has 19 heavy (non-hydrogen) atoms. The predicted octanol–water partition coefficient (Wildman–Crippen LogP) is 1.93. The number of fused-ring (bicyclic) bond motifs is 1. The maximum atomic E-state index is 4.58. The lowest BCUT2D eigenvalue weighted by Gasteiger charge is -2.22. The van der Waals surface area contributed by atoms with Gasteiger partial charge < -0.3 is 14.2 Å². The molecule has 0 amide bonds.